The van der Waals surface area contributed by atoms with Gasteiger partial charge in [0.2, 0.25) is 53.2 Å². The zero-order valence-electron chi connectivity index (χ0n) is 42.9. The zero-order valence-corrected chi connectivity index (χ0v) is 42.9. The van der Waals surface area contributed by atoms with Crippen molar-refractivity contribution in [2.45, 2.75) is 162 Å². The van der Waals surface area contributed by atoms with E-state index in [-0.39, 0.29) is 68.1 Å². The molecule has 1 aromatic carbocycles. The van der Waals surface area contributed by atoms with Crippen molar-refractivity contribution in [3.05, 3.63) is 29.8 Å². The molecule has 24 nitrogen and oxygen atoms in total. The van der Waals surface area contributed by atoms with Gasteiger partial charge in [-0.2, -0.15) is 0 Å². The van der Waals surface area contributed by atoms with Gasteiger partial charge in [0, 0.05) is 6.42 Å². The summed E-state index contributed by atoms with van der Waals surface area (Å²) in [4.78, 5) is 132. The average molecular weight is 1020 g/mol. The number of rotatable bonds is 34. The lowest BCUT2D eigenvalue weighted by molar-refractivity contribution is -0.143. The number of aliphatic hydroxyl groups is 1. The number of carbonyl (C=O) groups excluding carboxylic acids is 9. The summed E-state index contributed by atoms with van der Waals surface area (Å²) in [6.07, 6.45) is 0.551. The third kappa shape index (κ3) is 25.1. The molecule has 0 unspecified atom stereocenters. The van der Waals surface area contributed by atoms with Crippen molar-refractivity contribution in [1.29, 1.82) is 0 Å². The molecule has 8 atom stereocenters. The predicted octanol–water partition coefficient (Wildman–Crippen LogP) is -1.96. The second kappa shape index (κ2) is 32.5. The first-order valence-corrected chi connectivity index (χ1v) is 24.4. The Hall–Kier alpha value is -6.40. The number of carboxylic acid groups (broad SMARTS) is 1. The van der Waals surface area contributed by atoms with Gasteiger partial charge in [-0.15, -0.1) is 0 Å². The highest BCUT2D eigenvalue weighted by Gasteiger charge is 2.34. The molecule has 0 heterocycles. The lowest BCUT2D eigenvalue weighted by Gasteiger charge is -2.27. The van der Waals surface area contributed by atoms with Gasteiger partial charge in [0.1, 0.15) is 48.0 Å². The maximum Gasteiger partial charge on any atom is 0.328 e. The summed E-state index contributed by atoms with van der Waals surface area (Å²) in [7, 11) is 0. The number of primary amides is 1. The number of carboxylic acids is 1. The van der Waals surface area contributed by atoms with Crippen LogP contribution < -0.4 is 59.7 Å². The van der Waals surface area contributed by atoms with Crippen LogP contribution in [0.25, 0.3) is 0 Å². The van der Waals surface area contributed by atoms with Crippen LogP contribution in [-0.2, 0) is 54.4 Å². The van der Waals surface area contributed by atoms with Crippen molar-refractivity contribution >= 4 is 59.1 Å². The molecular formula is C48H81N11O13. The Bertz CT molecular complexity index is 1970. The van der Waals surface area contributed by atoms with Gasteiger partial charge in [0.05, 0.1) is 25.6 Å². The fourth-order valence-electron chi connectivity index (χ4n) is 7.33. The Morgan fingerprint density at radius 2 is 0.944 bits per heavy atom. The molecule has 0 aliphatic rings. The minimum atomic E-state index is -1.70. The number of amides is 9. The maximum absolute atomic E-state index is 14.0. The number of nitrogens with two attached hydrogens (primary N) is 3. The molecule has 0 aliphatic heterocycles. The number of phenols is 1. The van der Waals surface area contributed by atoms with Gasteiger partial charge in [-0.1, -0.05) is 67.5 Å². The molecule has 406 valence electrons. The number of phenolic OH excluding ortho intramolecular Hbond substituents is 1. The molecule has 0 aromatic heterocycles. The Morgan fingerprint density at radius 3 is 1.40 bits per heavy atom. The highest BCUT2D eigenvalue weighted by molar-refractivity contribution is 5.98. The van der Waals surface area contributed by atoms with Crippen LogP contribution in [0.15, 0.2) is 24.3 Å². The molecule has 17 N–H and O–H groups in total. The van der Waals surface area contributed by atoms with Crippen molar-refractivity contribution in [3.63, 3.8) is 0 Å². The number of aliphatic hydroxyl groups excluding tert-OH is 1. The van der Waals surface area contributed by atoms with E-state index in [2.05, 4.69) is 42.5 Å². The van der Waals surface area contributed by atoms with E-state index in [1.54, 1.807) is 27.7 Å². The normalized spacial score (nSPS) is 14.7. The topological polar surface area (TPSA) is 406 Å². The van der Waals surface area contributed by atoms with Crippen LogP contribution in [0.1, 0.15) is 112 Å². The Morgan fingerprint density at radius 1 is 0.528 bits per heavy atom. The number of aliphatic carboxylic acids is 1. The van der Waals surface area contributed by atoms with Gasteiger partial charge in [0.25, 0.3) is 0 Å². The van der Waals surface area contributed by atoms with Crippen molar-refractivity contribution in [2.75, 3.05) is 19.7 Å². The molecule has 0 fully saturated rings. The van der Waals surface area contributed by atoms with Crippen molar-refractivity contribution < 1.29 is 63.3 Å². The summed E-state index contributed by atoms with van der Waals surface area (Å²) < 4.78 is 0. The molecule has 9 amide bonds. The van der Waals surface area contributed by atoms with Gasteiger partial charge in [-0.25, -0.2) is 4.79 Å². The third-order valence-corrected chi connectivity index (χ3v) is 10.9. The first kappa shape index (κ1) is 63.6. The van der Waals surface area contributed by atoms with Crippen LogP contribution in [0.2, 0.25) is 0 Å². The van der Waals surface area contributed by atoms with Gasteiger partial charge in [-0.05, 0) is 92.9 Å². The molecule has 0 saturated heterocycles. The molecule has 24 heteroatoms. The molecule has 1 rings (SSSR count). The minimum absolute atomic E-state index is 0.0359. The van der Waals surface area contributed by atoms with Crippen LogP contribution >= 0.6 is 0 Å². The Labute approximate surface area is 421 Å². The largest absolute Gasteiger partial charge is 0.508 e. The van der Waals surface area contributed by atoms with Crippen LogP contribution in [0, 0.1) is 23.7 Å². The maximum atomic E-state index is 14.0. The predicted molar refractivity (Wildman–Crippen MR) is 266 cm³/mol. The monoisotopic (exact) mass is 1020 g/mol. The second-order valence-corrected chi connectivity index (χ2v) is 19.7. The van der Waals surface area contributed by atoms with Gasteiger partial charge >= 0.3 is 5.97 Å². The van der Waals surface area contributed by atoms with Gasteiger partial charge in [0.15, 0.2) is 0 Å². The van der Waals surface area contributed by atoms with E-state index in [0.717, 1.165) is 0 Å². The molecule has 1 aromatic rings. The van der Waals surface area contributed by atoms with Crippen LogP contribution in [0.5, 0.6) is 5.75 Å². The molecule has 0 spiro atoms. The Balaban J connectivity index is 3.42. The number of aromatic hydroxyl groups is 1. The third-order valence-electron chi connectivity index (χ3n) is 10.9. The van der Waals surface area contributed by atoms with E-state index in [0.29, 0.717) is 24.8 Å². The summed E-state index contributed by atoms with van der Waals surface area (Å²) >= 11 is 0. The lowest BCUT2D eigenvalue weighted by atomic mass is 9.99. The average Bonchev–Trinajstić information content (AvgIpc) is 3.27. The van der Waals surface area contributed by atoms with Crippen molar-refractivity contribution in [1.82, 2.24) is 42.5 Å². The second-order valence-electron chi connectivity index (χ2n) is 19.7. The summed E-state index contributed by atoms with van der Waals surface area (Å²) in [5, 5.41) is 48.6. The number of benzene rings is 1. The number of carbonyl (C=O) groups is 10. The molecular weight excluding hydrogens is 939 g/mol. The number of unbranched alkanes of at least 4 members (excludes halogenated alkanes) is 1. The quantitative estimate of drug-likeness (QED) is 0.0333. The van der Waals surface area contributed by atoms with Gasteiger partial charge < -0.3 is 75.1 Å². The molecule has 0 aliphatic carbocycles. The fraction of sp³-hybridized carbons (Fsp3) is 0.667. The zero-order chi connectivity index (χ0) is 54.8. The van der Waals surface area contributed by atoms with E-state index in [9.17, 15) is 63.3 Å². The number of hydrogen-bond acceptors (Lipinski definition) is 14. The summed E-state index contributed by atoms with van der Waals surface area (Å²) in [6.45, 7) is 13.2. The number of hydrogen-bond donors (Lipinski definition) is 14. The van der Waals surface area contributed by atoms with E-state index in [1.165, 1.54) is 24.3 Å². The number of nitrogens with one attached hydrogen (secondary N) is 8. The van der Waals surface area contributed by atoms with Crippen molar-refractivity contribution in [3.8, 4) is 5.75 Å². The highest BCUT2D eigenvalue weighted by Crippen LogP contribution is 2.14. The first-order chi connectivity index (χ1) is 33.7. The van der Waals surface area contributed by atoms with Crippen LogP contribution in [-0.4, -0.2) is 142 Å². The molecule has 0 bridgehead atoms. The SMILES string of the molecule is CC(C)C[C@H](NC(=O)CNC(=O)[C@H](Cc1ccc(O)cc1)NC(=O)[C@H](CC(N)=O)NC(=O)[C@H](CCCCN)NC(=O)[C@H](CC(C)C)NC(=O)[C@@H](N)CC(C)C)C(=O)N[C@@H](CC(C)C)C(=O)N[C@@H](CO)C(=O)O. The van der Waals surface area contributed by atoms with Gasteiger partial charge in [-0.3, -0.25) is 43.2 Å². The summed E-state index contributed by atoms with van der Waals surface area (Å²) in [5.41, 5.74) is 17.7. The summed E-state index contributed by atoms with van der Waals surface area (Å²) in [5.74, 6) is -9.55. The molecule has 0 radical (unpaired) electrons. The van der Waals surface area contributed by atoms with E-state index in [1.807, 2.05) is 27.7 Å². The van der Waals surface area contributed by atoms with E-state index < -0.39 is 127 Å². The minimum Gasteiger partial charge on any atom is -0.508 e. The fourth-order valence-corrected chi connectivity index (χ4v) is 7.33. The smallest absolute Gasteiger partial charge is 0.328 e. The first-order valence-electron chi connectivity index (χ1n) is 24.4. The van der Waals surface area contributed by atoms with Crippen LogP contribution in [0.3, 0.4) is 0 Å². The summed E-state index contributed by atoms with van der Waals surface area (Å²) in [6, 6.07) is -5.00. The van der Waals surface area contributed by atoms with Crippen LogP contribution in [0.4, 0.5) is 0 Å². The lowest BCUT2D eigenvalue weighted by Crippen LogP contribution is -2.60. The van der Waals surface area contributed by atoms with Crippen molar-refractivity contribution in [2.24, 2.45) is 40.9 Å². The Kier molecular flexibility index (Phi) is 28.8. The van der Waals surface area contributed by atoms with E-state index >= 15 is 0 Å². The van der Waals surface area contributed by atoms with E-state index in [4.69, 9.17) is 17.2 Å². The molecule has 0 saturated carbocycles. The standard InChI is InChI=1S/C48H81N11O13/c1-25(2)17-31(50)41(64)55-34(19-27(5)6)45(68)54-32(11-9-10-16-49)43(66)58-37(22-39(51)62)47(70)57-36(21-29-12-14-30(61)15-13-29)42(65)52-23-40(63)53-33(18-26(3)4)44(67)56-35(20-28(7)8)46(69)59-38(24-60)48(71)72/h12-15,25-28,31-38,60-61H,9-11,16-24,49-50H2,1-8H3,(H2,51,62)(H,52,65)(H,53,63)(H,54,68)(H,55,64)(H,56,67)(H,57,70)(H,58,66)(H,59,69)(H,71,72)/t31-,32-,33-,34-,35-,36-,37-,38-/m0/s1. The highest BCUT2D eigenvalue weighted by atomic mass is 16.4. The molecule has 72 heavy (non-hydrogen) atoms.